The van der Waals surface area contributed by atoms with Crippen molar-refractivity contribution >= 4 is 27.8 Å². The van der Waals surface area contributed by atoms with Crippen LogP contribution >= 0.6 is 0 Å². The molecule has 114 valence electrons. The summed E-state index contributed by atoms with van der Waals surface area (Å²) in [6, 6.07) is 2.76. The minimum Gasteiger partial charge on any atom is -0.465 e. The van der Waals surface area contributed by atoms with Crippen LogP contribution in [0.1, 0.15) is 29.3 Å². The Balaban J connectivity index is 2.64. The smallest absolute Gasteiger partial charge is 0.340 e. The number of hydrogen-bond acceptors (Lipinski definition) is 4. The van der Waals surface area contributed by atoms with E-state index in [0.29, 0.717) is 12.0 Å². The summed E-state index contributed by atoms with van der Waals surface area (Å²) in [6.45, 7) is 1.98. The van der Waals surface area contributed by atoms with Gasteiger partial charge in [0.2, 0.25) is 10.0 Å². The van der Waals surface area contributed by atoms with E-state index in [1.807, 2.05) is 0 Å². The van der Waals surface area contributed by atoms with E-state index in [1.165, 1.54) is 12.1 Å². The number of methoxy groups -OCH3 is 1. The van der Waals surface area contributed by atoms with E-state index in [1.54, 1.807) is 19.1 Å². The van der Waals surface area contributed by atoms with Crippen molar-refractivity contribution in [1.82, 2.24) is 0 Å². The molecule has 0 saturated carbocycles. The number of esters is 1. The largest absolute Gasteiger partial charge is 0.465 e. The highest BCUT2D eigenvalue weighted by molar-refractivity contribution is 7.93. The molecule has 0 N–H and O–H groups in total. The lowest BCUT2D eigenvalue weighted by molar-refractivity contribution is 0.0595. The van der Waals surface area contributed by atoms with Crippen LogP contribution in [-0.4, -0.2) is 33.8 Å². The Morgan fingerprint density at radius 3 is 2.67 bits per heavy atom. The van der Waals surface area contributed by atoms with Gasteiger partial charge in [-0.15, -0.1) is 0 Å². The van der Waals surface area contributed by atoms with E-state index in [2.05, 4.69) is 4.74 Å². The minimum absolute atomic E-state index is 0.0200. The molecular weight excluding hydrogens is 297 g/mol. The van der Waals surface area contributed by atoms with Gasteiger partial charge in [-0.1, -0.05) is 12.2 Å². The van der Waals surface area contributed by atoms with Crippen LogP contribution in [0.15, 0.2) is 18.2 Å². The molecule has 5 nitrogen and oxygen atoms in total. The van der Waals surface area contributed by atoms with Crippen molar-refractivity contribution in [3.05, 3.63) is 35.2 Å². The maximum Gasteiger partial charge on any atom is 0.340 e. The summed E-state index contributed by atoms with van der Waals surface area (Å²) in [5.41, 5.74) is 0.158. The summed E-state index contributed by atoms with van der Waals surface area (Å²) < 4.78 is 44.0. The number of hydrogen-bond donors (Lipinski definition) is 0. The topological polar surface area (TPSA) is 63.7 Å². The Bertz CT molecular complexity index is 697. The lowest BCUT2D eigenvalue weighted by Gasteiger charge is -2.19. The van der Waals surface area contributed by atoms with Crippen LogP contribution in [0, 0.1) is 5.82 Å². The van der Waals surface area contributed by atoms with E-state index >= 15 is 0 Å². The first-order valence-corrected chi connectivity index (χ1v) is 8.06. The van der Waals surface area contributed by atoms with Gasteiger partial charge in [0.1, 0.15) is 0 Å². The number of carbonyl (C=O) groups excluding carboxylic acids is 1. The number of nitrogens with zero attached hydrogens (tertiary/aromatic N) is 1. The number of ether oxygens (including phenoxy) is 1. The minimum atomic E-state index is -3.53. The van der Waals surface area contributed by atoms with Crippen molar-refractivity contribution in [3.8, 4) is 0 Å². The molecule has 1 aromatic carbocycles. The molecular formula is C14H16FNO4S. The molecule has 0 amide bonds. The lowest BCUT2D eigenvalue weighted by atomic mass is 10.1. The normalized spacial score (nSPS) is 17.4. The van der Waals surface area contributed by atoms with Gasteiger partial charge >= 0.3 is 5.97 Å². The standard InChI is InChI=1S/C14H16FNO4S/c1-3-5-10-8-11(14(17)20-2)13(15)12(9-10)16-6-4-7-21(16,18)19/h3,5,8-9H,4,6-7H2,1-2H3/b5-3+. The van der Waals surface area contributed by atoms with Crippen molar-refractivity contribution in [2.75, 3.05) is 23.7 Å². The molecule has 0 bridgehead atoms. The van der Waals surface area contributed by atoms with Crippen molar-refractivity contribution in [2.45, 2.75) is 13.3 Å². The second kappa shape index (κ2) is 5.85. The molecule has 0 atom stereocenters. The maximum atomic E-state index is 14.5. The average Bonchev–Trinajstić information content (AvgIpc) is 2.79. The van der Waals surface area contributed by atoms with Gasteiger partial charge < -0.3 is 4.74 Å². The molecule has 7 heteroatoms. The molecule has 0 aromatic heterocycles. The van der Waals surface area contributed by atoms with Crippen LogP contribution in [-0.2, 0) is 14.8 Å². The summed E-state index contributed by atoms with van der Waals surface area (Å²) in [5.74, 6) is -1.73. The predicted molar refractivity (Wildman–Crippen MR) is 78.2 cm³/mol. The third-order valence-corrected chi connectivity index (χ3v) is 5.06. The fourth-order valence-corrected chi connectivity index (χ4v) is 3.82. The molecule has 1 aliphatic rings. The molecule has 0 radical (unpaired) electrons. The van der Waals surface area contributed by atoms with Crippen LogP contribution in [0.5, 0.6) is 0 Å². The summed E-state index contributed by atoms with van der Waals surface area (Å²) in [7, 11) is -2.38. The Morgan fingerprint density at radius 1 is 1.43 bits per heavy atom. The van der Waals surface area contributed by atoms with Crippen molar-refractivity contribution in [3.63, 3.8) is 0 Å². The Labute approximate surface area is 123 Å². The molecule has 1 fully saturated rings. The van der Waals surface area contributed by atoms with Crippen LogP contribution < -0.4 is 4.31 Å². The zero-order chi connectivity index (χ0) is 15.6. The highest BCUT2D eigenvalue weighted by Crippen LogP contribution is 2.31. The number of sulfonamides is 1. The van der Waals surface area contributed by atoms with Crippen LogP contribution in [0.2, 0.25) is 0 Å². The first kappa shape index (κ1) is 15.5. The first-order chi connectivity index (χ1) is 9.90. The van der Waals surface area contributed by atoms with Gasteiger partial charge in [0.25, 0.3) is 0 Å². The third-order valence-electron chi connectivity index (χ3n) is 3.21. The molecule has 0 spiro atoms. The Morgan fingerprint density at radius 2 is 2.14 bits per heavy atom. The monoisotopic (exact) mass is 313 g/mol. The lowest BCUT2D eigenvalue weighted by Crippen LogP contribution is -2.27. The molecule has 1 aromatic rings. The molecule has 21 heavy (non-hydrogen) atoms. The number of carbonyl (C=O) groups is 1. The fraction of sp³-hybridized carbons (Fsp3) is 0.357. The summed E-state index contributed by atoms with van der Waals surface area (Å²) in [4.78, 5) is 11.7. The third kappa shape index (κ3) is 2.92. The highest BCUT2D eigenvalue weighted by atomic mass is 32.2. The summed E-state index contributed by atoms with van der Waals surface area (Å²) in [5, 5.41) is 0. The predicted octanol–water partition coefficient (Wildman–Crippen LogP) is 2.19. The second-order valence-corrected chi connectivity index (χ2v) is 6.65. The zero-order valence-corrected chi connectivity index (χ0v) is 12.6. The SMILES string of the molecule is C/C=C/c1cc(C(=O)OC)c(F)c(N2CCCS2(=O)=O)c1. The van der Waals surface area contributed by atoms with Gasteiger partial charge in [0.05, 0.1) is 24.1 Å². The average molecular weight is 313 g/mol. The summed E-state index contributed by atoms with van der Waals surface area (Å²) in [6.07, 6.45) is 3.82. The van der Waals surface area contributed by atoms with Crippen molar-refractivity contribution in [2.24, 2.45) is 0 Å². The first-order valence-electron chi connectivity index (χ1n) is 6.45. The summed E-state index contributed by atoms with van der Waals surface area (Å²) >= 11 is 0. The van der Waals surface area contributed by atoms with Gasteiger partial charge in [0, 0.05) is 6.54 Å². The van der Waals surface area contributed by atoms with Gasteiger partial charge in [-0.2, -0.15) is 0 Å². The quantitative estimate of drug-likeness (QED) is 0.802. The van der Waals surface area contributed by atoms with Crippen molar-refractivity contribution < 1.29 is 22.3 Å². The number of anilines is 1. The van der Waals surface area contributed by atoms with Gasteiger partial charge in [0.15, 0.2) is 5.82 Å². The van der Waals surface area contributed by atoms with E-state index in [4.69, 9.17) is 0 Å². The number of rotatable bonds is 3. The van der Waals surface area contributed by atoms with Gasteiger partial charge in [-0.05, 0) is 31.0 Å². The van der Waals surface area contributed by atoms with E-state index in [9.17, 15) is 17.6 Å². The van der Waals surface area contributed by atoms with Crippen LogP contribution in [0.3, 0.4) is 0 Å². The van der Waals surface area contributed by atoms with E-state index in [-0.39, 0.29) is 23.5 Å². The number of halogens is 1. The van der Waals surface area contributed by atoms with Crippen LogP contribution in [0.4, 0.5) is 10.1 Å². The highest BCUT2D eigenvalue weighted by Gasteiger charge is 2.32. The number of allylic oxidation sites excluding steroid dienone is 1. The molecule has 1 saturated heterocycles. The Hall–Kier alpha value is -1.89. The zero-order valence-electron chi connectivity index (χ0n) is 11.8. The fourth-order valence-electron chi connectivity index (χ4n) is 2.27. The molecule has 1 aliphatic heterocycles. The van der Waals surface area contributed by atoms with Gasteiger partial charge in [-0.3, -0.25) is 4.31 Å². The van der Waals surface area contributed by atoms with Crippen LogP contribution in [0.25, 0.3) is 6.08 Å². The Kier molecular flexibility index (Phi) is 4.32. The number of benzene rings is 1. The van der Waals surface area contributed by atoms with E-state index in [0.717, 1.165) is 11.4 Å². The van der Waals surface area contributed by atoms with Gasteiger partial charge in [-0.25, -0.2) is 17.6 Å². The molecule has 0 unspecified atom stereocenters. The second-order valence-electron chi connectivity index (χ2n) is 4.63. The van der Waals surface area contributed by atoms with Crippen molar-refractivity contribution in [1.29, 1.82) is 0 Å². The molecule has 1 heterocycles. The van der Waals surface area contributed by atoms with E-state index < -0.39 is 21.8 Å². The maximum absolute atomic E-state index is 14.5. The molecule has 2 rings (SSSR count). The molecule has 0 aliphatic carbocycles.